The van der Waals surface area contributed by atoms with Gasteiger partial charge in [-0.1, -0.05) is 24.3 Å². The number of carbonyl (C=O) groups excluding carboxylic acids is 2. The van der Waals surface area contributed by atoms with E-state index in [1.165, 1.54) is 0 Å². The maximum absolute atomic E-state index is 12.5. The van der Waals surface area contributed by atoms with Crippen LogP contribution in [0.5, 0.6) is 0 Å². The monoisotopic (exact) mass is 389 g/mol. The third kappa shape index (κ3) is 4.63. The van der Waals surface area contributed by atoms with Gasteiger partial charge in [-0.2, -0.15) is 5.10 Å². The molecule has 0 bridgehead atoms. The summed E-state index contributed by atoms with van der Waals surface area (Å²) in [7, 11) is 0. The van der Waals surface area contributed by atoms with Gasteiger partial charge >= 0.3 is 6.03 Å². The van der Waals surface area contributed by atoms with Crippen molar-refractivity contribution in [3.05, 3.63) is 77.6 Å². The number of aryl methyl sites for hydroxylation is 1. The Morgan fingerprint density at radius 1 is 1.21 bits per heavy atom. The van der Waals surface area contributed by atoms with Gasteiger partial charge in [0, 0.05) is 30.2 Å². The Labute approximate surface area is 169 Å². The fraction of sp³-hybridized carbons (Fsp3) is 0.227. The molecular weight excluding hydrogens is 366 g/mol. The largest absolute Gasteiger partial charge is 0.331 e. The molecule has 3 N–H and O–H groups in total. The molecule has 1 aromatic heterocycles. The molecule has 0 radical (unpaired) electrons. The third-order valence-electron chi connectivity index (χ3n) is 4.96. The summed E-state index contributed by atoms with van der Waals surface area (Å²) in [6.07, 6.45) is 4.86. The number of hydrogen-bond donors (Lipinski definition) is 3. The lowest BCUT2D eigenvalue weighted by atomic mass is 9.98. The Morgan fingerprint density at radius 3 is 2.93 bits per heavy atom. The van der Waals surface area contributed by atoms with Crippen LogP contribution in [0.4, 0.5) is 16.2 Å². The van der Waals surface area contributed by atoms with E-state index in [0.717, 1.165) is 34.5 Å². The van der Waals surface area contributed by atoms with Crippen molar-refractivity contribution in [2.24, 2.45) is 0 Å². The average molecular weight is 389 g/mol. The highest BCUT2D eigenvalue weighted by atomic mass is 16.2. The van der Waals surface area contributed by atoms with Gasteiger partial charge in [0.2, 0.25) is 5.91 Å². The number of benzene rings is 2. The number of nitrogens with one attached hydrogen (secondary N) is 3. The van der Waals surface area contributed by atoms with E-state index in [-0.39, 0.29) is 18.0 Å². The number of rotatable bonds is 5. The van der Waals surface area contributed by atoms with Crippen molar-refractivity contribution in [1.82, 2.24) is 15.1 Å². The van der Waals surface area contributed by atoms with Crippen LogP contribution >= 0.6 is 0 Å². The van der Waals surface area contributed by atoms with Gasteiger partial charge in [0.15, 0.2) is 0 Å². The molecule has 1 aliphatic heterocycles. The fourth-order valence-corrected chi connectivity index (χ4v) is 3.45. The zero-order chi connectivity index (χ0) is 20.2. The second kappa shape index (κ2) is 8.18. The molecule has 3 amide bonds. The molecule has 0 saturated carbocycles. The first-order valence-corrected chi connectivity index (χ1v) is 9.63. The van der Waals surface area contributed by atoms with E-state index in [4.69, 9.17) is 0 Å². The van der Waals surface area contributed by atoms with Crippen molar-refractivity contribution in [3.8, 4) is 0 Å². The predicted octanol–water partition coefficient (Wildman–Crippen LogP) is 3.70. The first-order chi connectivity index (χ1) is 14.1. The van der Waals surface area contributed by atoms with Crippen LogP contribution in [0.25, 0.3) is 0 Å². The van der Waals surface area contributed by atoms with Gasteiger partial charge in [0.1, 0.15) is 0 Å². The minimum absolute atomic E-state index is 0.0468. The molecule has 7 heteroatoms. The van der Waals surface area contributed by atoms with Crippen molar-refractivity contribution in [1.29, 1.82) is 0 Å². The van der Waals surface area contributed by atoms with Gasteiger partial charge in [-0.05, 0) is 54.3 Å². The quantitative estimate of drug-likeness (QED) is 0.622. The van der Waals surface area contributed by atoms with Crippen LogP contribution in [0.3, 0.4) is 0 Å². The van der Waals surface area contributed by atoms with Gasteiger partial charge in [-0.25, -0.2) is 4.79 Å². The SMILES string of the molecule is CC(NC(=O)Nc1cccc(Cn2cccn2)c1)c1ccc2c(c1)CCC(=O)N2. The Kier molecular flexibility index (Phi) is 5.29. The Morgan fingerprint density at radius 2 is 2.10 bits per heavy atom. The molecule has 148 valence electrons. The van der Waals surface area contributed by atoms with Crippen molar-refractivity contribution >= 4 is 23.3 Å². The lowest BCUT2D eigenvalue weighted by molar-refractivity contribution is -0.116. The summed E-state index contributed by atoms with van der Waals surface area (Å²) in [5, 5.41) is 12.9. The van der Waals surface area contributed by atoms with Crippen LogP contribution in [0.1, 0.15) is 36.1 Å². The van der Waals surface area contributed by atoms with Crippen molar-refractivity contribution in [2.45, 2.75) is 32.4 Å². The van der Waals surface area contributed by atoms with Crippen molar-refractivity contribution in [2.75, 3.05) is 10.6 Å². The van der Waals surface area contributed by atoms with E-state index in [9.17, 15) is 9.59 Å². The minimum atomic E-state index is -0.264. The lowest BCUT2D eigenvalue weighted by Crippen LogP contribution is -2.31. The number of nitrogens with zero attached hydrogens (tertiary/aromatic N) is 2. The maximum atomic E-state index is 12.5. The molecule has 1 unspecified atom stereocenters. The van der Waals surface area contributed by atoms with E-state index in [0.29, 0.717) is 13.0 Å². The second-order valence-corrected chi connectivity index (χ2v) is 7.19. The highest BCUT2D eigenvalue weighted by Gasteiger charge is 2.17. The molecule has 7 nitrogen and oxygen atoms in total. The molecule has 0 aliphatic carbocycles. The Bertz CT molecular complexity index is 1030. The minimum Gasteiger partial charge on any atom is -0.331 e. The van der Waals surface area contributed by atoms with Gasteiger partial charge in [-0.15, -0.1) is 0 Å². The van der Waals surface area contributed by atoms with Gasteiger partial charge < -0.3 is 16.0 Å². The summed E-state index contributed by atoms with van der Waals surface area (Å²) in [6, 6.07) is 15.0. The number of carbonyl (C=O) groups is 2. The van der Waals surface area contributed by atoms with E-state index >= 15 is 0 Å². The predicted molar refractivity (Wildman–Crippen MR) is 112 cm³/mol. The first-order valence-electron chi connectivity index (χ1n) is 9.63. The molecule has 1 aliphatic rings. The molecule has 0 spiro atoms. The highest BCUT2D eigenvalue weighted by Crippen LogP contribution is 2.26. The normalized spacial score (nSPS) is 13.9. The lowest BCUT2D eigenvalue weighted by Gasteiger charge is -2.20. The number of urea groups is 1. The molecule has 2 aromatic carbocycles. The molecule has 3 aromatic rings. The average Bonchev–Trinajstić information content (AvgIpc) is 3.20. The number of anilines is 2. The maximum Gasteiger partial charge on any atom is 0.319 e. The van der Waals surface area contributed by atoms with Gasteiger partial charge in [0.05, 0.1) is 12.6 Å². The summed E-state index contributed by atoms with van der Waals surface area (Å²) in [4.78, 5) is 24.0. The summed E-state index contributed by atoms with van der Waals surface area (Å²) < 4.78 is 1.83. The van der Waals surface area contributed by atoms with E-state index in [1.807, 2.05) is 66.3 Å². The van der Waals surface area contributed by atoms with E-state index in [2.05, 4.69) is 21.0 Å². The number of fused-ring (bicyclic) bond motifs is 1. The number of amides is 3. The Balaban J connectivity index is 1.37. The van der Waals surface area contributed by atoms with Gasteiger partial charge in [0.25, 0.3) is 0 Å². The molecule has 2 heterocycles. The zero-order valence-electron chi connectivity index (χ0n) is 16.2. The van der Waals surface area contributed by atoms with Crippen LogP contribution < -0.4 is 16.0 Å². The van der Waals surface area contributed by atoms with E-state index < -0.39 is 0 Å². The molecule has 1 atom stereocenters. The fourth-order valence-electron chi connectivity index (χ4n) is 3.45. The molecule has 4 rings (SSSR count). The summed E-state index contributed by atoms with van der Waals surface area (Å²) >= 11 is 0. The topological polar surface area (TPSA) is 88.1 Å². The van der Waals surface area contributed by atoms with Crippen LogP contribution in [0, 0.1) is 0 Å². The van der Waals surface area contributed by atoms with Crippen molar-refractivity contribution < 1.29 is 9.59 Å². The van der Waals surface area contributed by atoms with Crippen LogP contribution in [-0.4, -0.2) is 21.7 Å². The van der Waals surface area contributed by atoms with Crippen LogP contribution in [0.15, 0.2) is 60.9 Å². The Hall–Kier alpha value is -3.61. The number of aromatic nitrogens is 2. The smallest absolute Gasteiger partial charge is 0.319 e. The first kappa shape index (κ1) is 18.7. The van der Waals surface area contributed by atoms with Gasteiger partial charge in [-0.3, -0.25) is 9.48 Å². The summed E-state index contributed by atoms with van der Waals surface area (Å²) in [5.74, 6) is 0.0468. The summed E-state index contributed by atoms with van der Waals surface area (Å²) in [6.45, 7) is 2.59. The van der Waals surface area contributed by atoms with E-state index in [1.54, 1.807) is 6.20 Å². The standard InChI is InChI=1S/C22H23N5O2/c1-15(17-6-8-20-18(13-17)7-9-21(28)26-20)24-22(29)25-19-5-2-4-16(12-19)14-27-11-3-10-23-27/h2-6,8,10-13,15H,7,9,14H2,1H3,(H,26,28)(H2,24,25,29). The molecule has 0 fully saturated rings. The number of hydrogen-bond acceptors (Lipinski definition) is 3. The second-order valence-electron chi connectivity index (χ2n) is 7.19. The van der Waals surface area contributed by atoms with Crippen LogP contribution in [0.2, 0.25) is 0 Å². The molecular formula is C22H23N5O2. The van der Waals surface area contributed by atoms with Crippen molar-refractivity contribution in [3.63, 3.8) is 0 Å². The third-order valence-corrected chi connectivity index (χ3v) is 4.96. The van der Waals surface area contributed by atoms with Crippen LogP contribution in [-0.2, 0) is 17.8 Å². The zero-order valence-corrected chi connectivity index (χ0v) is 16.2. The summed E-state index contributed by atoms with van der Waals surface area (Å²) in [5.41, 5.74) is 4.74. The molecule has 0 saturated heterocycles. The highest BCUT2D eigenvalue weighted by molar-refractivity contribution is 5.94. The molecule has 29 heavy (non-hydrogen) atoms.